The van der Waals surface area contributed by atoms with Crippen LogP contribution < -0.4 is 5.73 Å². The predicted molar refractivity (Wildman–Crippen MR) is 60.7 cm³/mol. The maximum absolute atomic E-state index is 9.11. The number of rotatable bonds is 4. The molecule has 0 spiro atoms. The molecular formula is C11H24N2O2. The summed E-state index contributed by atoms with van der Waals surface area (Å²) < 4.78 is 5.59. The van der Waals surface area contributed by atoms with Crippen LogP contribution in [0, 0.1) is 5.41 Å². The Hall–Kier alpha value is -0.160. The molecule has 1 aliphatic rings. The second-order valence-corrected chi connectivity index (χ2v) is 5.31. The normalized spacial score (nSPS) is 29.4. The number of hydrogen-bond donors (Lipinski definition) is 2. The third-order valence-corrected chi connectivity index (χ3v) is 2.81. The van der Waals surface area contributed by atoms with Crippen LogP contribution in [0.15, 0.2) is 0 Å². The molecule has 1 aliphatic heterocycles. The van der Waals surface area contributed by atoms with Crippen molar-refractivity contribution in [3.8, 4) is 0 Å². The first-order chi connectivity index (χ1) is 6.96. The van der Waals surface area contributed by atoms with E-state index in [-0.39, 0.29) is 24.2 Å². The lowest BCUT2D eigenvalue weighted by Gasteiger charge is -2.39. The predicted octanol–water partition coefficient (Wildman–Crippen LogP) is 0.0529. The highest BCUT2D eigenvalue weighted by Gasteiger charge is 2.28. The minimum absolute atomic E-state index is 0.0395. The van der Waals surface area contributed by atoms with Gasteiger partial charge in [0.05, 0.1) is 18.8 Å². The first-order valence-electron chi connectivity index (χ1n) is 5.65. The fourth-order valence-electron chi connectivity index (χ4n) is 2.04. The fourth-order valence-corrected chi connectivity index (χ4v) is 2.04. The molecule has 3 N–H and O–H groups in total. The molecule has 0 aliphatic carbocycles. The number of aliphatic hydroxyl groups excluding tert-OH is 1. The zero-order chi connectivity index (χ0) is 11.5. The Balaban J connectivity index is 2.47. The van der Waals surface area contributed by atoms with E-state index in [9.17, 15) is 0 Å². The number of nitrogens with zero attached hydrogens (tertiary/aromatic N) is 1. The molecule has 0 saturated carbocycles. The summed E-state index contributed by atoms with van der Waals surface area (Å²) in [7, 11) is 0. The van der Waals surface area contributed by atoms with Crippen molar-refractivity contribution in [3.63, 3.8) is 0 Å². The van der Waals surface area contributed by atoms with Gasteiger partial charge in [-0.25, -0.2) is 0 Å². The van der Waals surface area contributed by atoms with Gasteiger partial charge in [0.2, 0.25) is 0 Å². The molecule has 2 unspecified atom stereocenters. The standard InChI is InChI=1S/C11H24N2O2/c1-9-4-13(5-10(6-14)15-9)8-11(2,3)7-12/h9-10,14H,4-8,12H2,1-3H3. The molecule has 90 valence electrons. The van der Waals surface area contributed by atoms with Crippen LogP contribution in [0.25, 0.3) is 0 Å². The summed E-state index contributed by atoms with van der Waals surface area (Å²) in [6.07, 6.45) is 0.159. The van der Waals surface area contributed by atoms with E-state index in [0.717, 1.165) is 19.6 Å². The Morgan fingerprint density at radius 2 is 2.13 bits per heavy atom. The molecule has 1 saturated heterocycles. The summed E-state index contributed by atoms with van der Waals surface area (Å²) >= 11 is 0. The van der Waals surface area contributed by atoms with Gasteiger partial charge in [0.1, 0.15) is 0 Å². The third-order valence-electron chi connectivity index (χ3n) is 2.81. The highest BCUT2D eigenvalue weighted by molar-refractivity contribution is 4.81. The van der Waals surface area contributed by atoms with Crippen LogP contribution in [-0.2, 0) is 4.74 Å². The van der Waals surface area contributed by atoms with Crippen molar-refractivity contribution >= 4 is 0 Å². The highest BCUT2D eigenvalue weighted by Crippen LogP contribution is 2.19. The zero-order valence-corrected chi connectivity index (χ0v) is 10.1. The van der Waals surface area contributed by atoms with Crippen LogP contribution in [0.2, 0.25) is 0 Å². The van der Waals surface area contributed by atoms with E-state index in [2.05, 4.69) is 18.7 Å². The zero-order valence-electron chi connectivity index (χ0n) is 10.1. The van der Waals surface area contributed by atoms with Crippen molar-refractivity contribution in [2.75, 3.05) is 32.8 Å². The fraction of sp³-hybridized carbons (Fsp3) is 1.00. The van der Waals surface area contributed by atoms with Crippen LogP contribution in [-0.4, -0.2) is 55.0 Å². The number of ether oxygens (including phenoxy) is 1. The molecule has 2 atom stereocenters. The van der Waals surface area contributed by atoms with Crippen molar-refractivity contribution in [3.05, 3.63) is 0 Å². The topological polar surface area (TPSA) is 58.7 Å². The lowest BCUT2D eigenvalue weighted by molar-refractivity contribution is -0.101. The Bertz CT molecular complexity index is 197. The summed E-state index contributed by atoms with van der Waals surface area (Å²) in [5.41, 5.74) is 5.85. The number of nitrogens with two attached hydrogens (primary N) is 1. The molecule has 4 heteroatoms. The minimum Gasteiger partial charge on any atom is -0.394 e. The van der Waals surface area contributed by atoms with Crippen LogP contribution in [0.3, 0.4) is 0 Å². The number of aliphatic hydroxyl groups is 1. The SMILES string of the molecule is CC1CN(CC(C)(C)CN)CC(CO)O1. The van der Waals surface area contributed by atoms with Gasteiger partial charge in [0.15, 0.2) is 0 Å². The van der Waals surface area contributed by atoms with Crippen molar-refractivity contribution in [1.29, 1.82) is 0 Å². The Kier molecular flexibility index (Phi) is 4.52. The molecule has 0 aromatic heterocycles. The largest absolute Gasteiger partial charge is 0.394 e. The van der Waals surface area contributed by atoms with Crippen LogP contribution in [0.1, 0.15) is 20.8 Å². The smallest absolute Gasteiger partial charge is 0.0936 e. The Labute approximate surface area is 92.4 Å². The molecule has 0 aromatic rings. The van der Waals surface area contributed by atoms with Gasteiger partial charge in [-0.1, -0.05) is 13.8 Å². The molecule has 1 fully saturated rings. The molecule has 1 rings (SSSR count). The van der Waals surface area contributed by atoms with E-state index >= 15 is 0 Å². The summed E-state index contributed by atoms with van der Waals surface area (Å²) in [5.74, 6) is 0. The van der Waals surface area contributed by atoms with Crippen molar-refractivity contribution in [1.82, 2.24) is 4.90 Å². The number of hydrogen-bond acceptors (Lipinski definition) is 4. The maximum Gasteiger partial charge on any atom is 0.0936 e. The van der Waals surface area contributed by atoms with Gasteiger partial charge in [-0.2, -0.15) is 0 Å². The van der Waals surface area contributed by atoms with Gasteiger partial charge in [-0.05, 0) is 18.9 Å². The van der Waals surface area contributed by atoms with Crippen molar-refractivity contribution in [2.45, 2.75) is 33.0 Å². The summed E-state index contributed by atoms with van der Waals surface area (Å²) in [5, 5.41) is 9.11. The lowest BCUT2D eigenvalue weighted by Crippen LogP contribution is -2.51. The summed E-state index contributed by atoms with van der Waals surface area (Å²) in [6.45, 7) is 9.87. The maximum atomic E-state index is 9.11. The summed E-state index contributed by atoms with van der Waals surface area (Å²) in [4.78, 5) is 2.34. The third kappa shape index (κ3) is 4.07. The molecule has 0 aromatic carbocycles. The molecular weight excluding hydrogens is 192 g/mol. The number of morpholine rings is 1. The Morgan fingerprint density at radius 3 is 2.67 bits per heavy atom. The van der Waals surface area contributed by atoms with Gasteiger partial charge in [-0.15, -0.1) is 0 Å². The van der Waals surface area contributed by atoms with E-state index in [1.54, 1.807) is 0 Å². The van der Waals surface area contributed by atoms with Crippen molar-refractivity contribution < 1.29 is 9.84 Å². The second kappa shape index (κ2) is 5.25. The van der Waals surface area contributed by atoms with E-state index in [1.807, 2.05) is 6.92 Å². The van der Waals surface area contributed by atoms with Crippen LogP contribution in [0.5, 0.6) is 0 Å². The average molecular weight is 216 g/mol. The van der Waals surface area contributed by atoms with Crippen molar-refractivity contribution in [2.24, 2.45) is 11.1 Å². The first kappa shape index (κ1) is 12.9. The van der Waals surface area contributed by atoms with Gasteiger partial charge >= 0.3 is 0 Å². The first-order valence-corrected chi connectivity index (χ1v) is 5.65. The monoisotopic (exact) mass is 216 g/mol. The molecule has 15 heavy (non-hydrogen) atoms. The van der Waals surface area contributed by atoms with E-state index in [1.165, 1.54) is 0 Å². The Morgan fingerprint density at radius 1 is 1.47 bits per heavy atom. The molecule has 1 heterocycles. The highest BCUT2D eigenvalue weighted by atomic mass is 16.5. The van der Waals surface area contributed by atoms with Gasteiger partial charge in [-0.3, -0.25) is 4.90 Å². The molecule has 4 nitrogen and oxygen atoms in total. The lowest BCUT2D eigenvalue weighted by atomic mass is 9.92. The summed E-state index contributed by atoms with van der Waals surface area (Å²) in [6, 6.07) is 0. The molecule has 0 radical (unpaired) electrons. The van der Waals surface area contributed by atoms with Crippen LogP contribution in [0.4, 0.5) is 0 Å². The van der Waals surface area contributed by atoms with E-state index < -0.39 is 0 Å². The van der Waals surface area contributed by atoms with Gasteiger partial charge in [0, 0.05) is 19.6 Å². The quantitative estimate of drug-likeness (QED) is 0.697. The second-order valence-electron chi connectivity index (χ2n) is 5.31. The minimum atomic E-state index is -0.0395. The van der Waals surface area contributed by atoms with Gasteiger partial charge < -0.3 is 15.6 Å². The van der Waals surface area contributed by atoms with E-state index in [4.69, 9.17) is 15.6 Å². The van der Waals surface area contributed by atoms with Gasteiger partial charge in [0.25, 0.3) is 0 Å². The molecule has 0 bridgehead atoms. The average Bonchev–Trinajstić information content (AvgIpc) is 2.16. The van der Waals surface area contributed by atoms with Crippen LogP contribution >= 0.6 is 0 Å². The van der Waals surface area contributed by atoms with E-state index in [0.29, 0.717) is 6.54 Å². The molecule has 0 amide bonds.